The number of nitrogens with zero attached hydrogens (tertiary/aromatic N) is 4. The second-order valence-corrected chi connectivity index (χ2v) is 7.24. The molecule has 3 N–H and O–H groups in total. The zero-order valence-electron chi connectivity index (χ0n) is 16.8. The van der Waals surface area contributed by atoms with Crippen LogP contribution in [0.15, 0.2) is 65.8 Å². The number of aromatic nitrogens is 1. The summed E-state index contributed by atoms with van der Waals surface area (Å²) in [6.07, 6.45) is -1.65. The number of carbonyl (C=O) groups excluding carboxylic acids is 1. The fourth-order valence-electron chi connectivity index (χ4n) is 3.73. The molecule has 0 saturated carbocycles. The molecule has 2 aromatic carbocycles. The van der Waals surface area contributed by atoms with Gasteiger partial charge in [0.15, 0.2) is 11.5 Å². The van der Waals surface area contributed by atoms with Crippen LogP contribution in [0.5, 0.6) is 5.75 Å². The Morgan fingerprint density at radius 2 is 1.91 bits per heavy atom. The number of nitriles is 1. The second-order valence-electron chi connectivity index (χ2n) is 7.24. The minimum atomic E-state index is -2.84. The van der Waals surface area contributed by atoms with Crippen molar-refractivity contribution in [3.63, 3.8) is 0 Å². The van der Waals surface area contributed by atoms with E-state index in [0.717, 1.165) is 11.0 Å². The van der Waals surface area contributed by atoms with Gasteiger partial charge in [-0.05, 0) is 53.1 Å². The number of hydrogen-bond acceptors (Lipinski definition) is 6. The van der Waals surface area contributed by atoms with Crippen molar-refractivity contribution in [2.24, 2.45) is 10.7 Å². The molecule has 1 aliphatic heterocycles. The number of guanidine groups is 1. The number of phenolic OH excluding ortho intramolecular Hbond substituents is 1. The topological polar surface area (TPSA) is 116 Å². The number of phenols is 1. The van der Waals surface area contributed by atoms with Gasteiger partial charge in [-0.25, -0.2) is 13.8 Å². The van der Waals surface area contributed by atoms with Crippen LogP contribution in [0.4, 0.5) is 8.78 Å². The summed E-state index contributed by atoms with van der Waals surface area (Å²) in [5, 5.41) is 19.7. The Morgan fingerprint density at radius 3 is 2.56 bits per heavy atom. The van der Waals surface area contributed by atoms with Crippen LogP contribution in [-0.4, -0.2) is 33.9 Å². The molecule has 1 aromatic heterocycles. The fourth-order valence-corrected chi connectivity index (χ4v) is 3.73. The van der Waals surface area contributed by atoms with E-state index in [9.17, 15) is 23.9 Å². The van der Waals surface area contributed by atoms with Gasteiger partial charge in [-0.3, -0.25) is 14.7 Å². The Bertz CT molecular complexity index is 1300. The normalized spacial score (nSPS) is 18.0. The number of alkyl halides is 2. The van der Waals surface area contributed by atoms with Crippen molar-refractivity contribution < 1.29 is 18.7 Å². The van der Waals surface area contributed by atoms with Gasteiger partial charge in [-0.15, -0.1) is 0 Å². The molecule has 0 fully saturated rings. The number of pyridine rings is 1. The zero-order chi connectivity index (χ0) is 23.0. The lowest BCUT2D eigenvalue weighted by atomic mass is 9.81. The first-order chi connectivity index (χ1) is 15.3. The molecule has 9 heteroatoms. The number of hydrogen-bond donors (Lipinski definition) is 2. The van der Waals surface area contributed by atoms with Gasteiger partial charge >= 0.3 is 0 Å². The monoisotopic (exact) mass is 433 g/mol. The van der Waals surface area contributed by atoms with E-state index in [2.05, 4.69) is 9.98 Å². The van der Waals surface area contributed by atoms with Crippen LogP contribution >= 0.6 is 0 Å². The van der Waals surface area contributed by atoms with Crippen LogP contribution in [-0.2, 0) is 10.3 Å². The second kappa shape index (κ2) is 7.74. The fraction of sp³-hybridized carbons (Fsp3) is 0.130. The van der Waals surface area contributed by atoms with Crippen molar-refractivity contribution in [2.75, 3.05) is 7.05 Å². The first-order valence-corrected chi connectivity index (χ1v) is 9.50. The van der Waals surface area contributed by atoms with Crippen molar-refractivity contribution >= 4 is 11.9 Å². The molecular formula is C23H17F2N5O2. The molecule has 1 amide bonds. The molecule has 7 nitrogen and oxygen atoms in total. The average Bonchev–Trinajstić information content (AvgIpc) is 3.04. The van der Waals surface area contributed by atoms with Crippen LogP contribution in [0.1, 0.15) is 28.8 Å². The highest BCUT2D eigenvalue weighted by atomic mass is 19.3. The van der Waals surface area contributed by atoms with Crippen molar-refractivity contribution in [3.05, 3.63) is 83.2 Å². The van der Waals surface area contributed by atoms with Crippen LogP contribution in [0.3, 0.4) is 0 Å². The van der Waals surface area contributed by atoms with E-state index in [1.165, 1.54) is 31.4 Å². The van der Waals surface area contributed by atoms with Gasteiger partial charge in [0.2, 0.25) is 0 Å². The molecule has 1 aliphatic rings. The van der Waals surface area contributed by atoms with E-state index >= 15 is 0 Å². The SMILES string of the molecule is CN1C(=O)C(c2ccnc(C(F)F)c2)(c2ccc(O)c(-c3cccc(C#N)c3)c2)N=C1N. The lowest BCUT2D eigenvalue weighted by molar-refractivity contribution is -0.129. The molecule has 0 bridgehead atoms. The number of rotatable bonds is 4. The minimum absolute atomic E-state index is 0.0773. The van der Waals surface area contributed by atoms with E-state index in [-0.39, 0.29) is 17.3 Å². The maximum Gasteiger partial charge on any atom is 0.280 e. The summed E-state index contributed by atoms with van der Waals surface area (Å²) in [5.74, 6) is -0.701. The molecule has 0 aliphatic carbocycles. The molecule has 0 saturated heterocycles. The average molecular weight is 433 g/mol. The standard InChI is InChI=1S/C23H17F2N5O2/c1-30-21(32)23(29-22(30)27,16-7-8-28-18(11-16)20(24)25)15-5-6-19(31)17(10-15)14-4-2-3-13(9-14)12-26/h2-11,20,31H,1H3,(H2,27,29). The predicted molar refractivity (Wildman–Crippen MR) is 113 cm³/mol. The van der Waals surface area contributed by atoms with Crippen molar-refractivity contribution in [1.82, 2.24) is 9.88 Å². The summed E-state index contributed by atoms with van der Waals surface area (Å²) < 4.78 is 26.7. The van der Waals surface area contributed by atoms with Gasteiger partial charge < -0.3 is 10.8 Å². The Kier molecular flexibility index (Phi) is 5.06. The Hall–Kier alpha value is -4.32. The van der Waals surface area contributed by atoms with Gasteiger partial charge in [-0.1, -0.05) is 18.2 Å². The molecule has 0 radical (unpaired) electrons. The molecule has 3 aromatic rings. The Balaban J connectivity index is 1.98. The molecule has 32 heavy (non-hydrogen) atoms. The van der Waals surface area contributed by atoms with Gasteiger partial charge in [0.05, 0.1) is 11.6 Å². The Labute approximate surface area is 182 Å². The lowest BCUT2D eigenvalue weighted by Crippen LogP contribution is -2.41. The van der Waals surface area contributed by atoms with Gasteiger partial charge in [0.25, 0.3) is 12.3 Å². The molecule has 4 rings (SSSR count). The summed E-state index contributed by atoms with van der Waals surface area (Å²) >= 11 is 0. The van der Waals surface area contributed by atoms with Crippen molar-refractivity contribution in [3.8, 4) is 22.9 Å². The van der Waals surface area contributed by atoms with Crippen LogP contribution in [0.2, 0.25) is 0 Å². The van der Waals surface area contributed by atoms with E-state index in [1.54, 1.807) is 30.3 Å². The summed E-state index contributed by atoms with van der Waals surface area (Å²) in [5.41, 5.74) is 5.46. The van der Waals surface area contributed by atoms with Crippen LogP contribution in [0.25, 0.3) is 11.1 Å². The third-order valence-electron chi connectivity index (χ3n) is 5.38. The van der Waals surface area contributed by atoms with E-state index in [0.29, 0.717) is 22.3 Å². The molecule has 1 unspecified atom stereocenters. The number of carbonyl (C=O) groups is 1. The van der Waals surface area contributed by atoms with Gasteiger partial charge in [-0.2, -0.15) is 5.26 Å². The predicted octanol–water partition coefficient (Wildman–Crippen LogP) is 3.29. The zero-order valence-corrected chi connectivity index (χ0v) is 16.8. The Morgan fingerprint density at radius 1 is 1.16 bits per heavy atom. The largest absolute Gasteiger partial charge is 0.507 e. The lowest BCUT2D eigenvalue weighted by Gasteiger charge is -2.27. The van der Waals surface area contributed by atoms with Gasteiger partial charge in [0, 0.05) is 18.8 Å². The number of amides is 1. The van der Waals surface area contributed by atoms with E-state index < -0.39 is 23.6 Å². The maximum absolute atomic E-state index is 13.4. The highest BCUT2D eigenvalue weighted by Crippen LogP contribution is 2.43. The van der Waals surface area contributed by atoms with Crippen molar-refractivity contribution in [1.29, 1.82) is 5.26 Å². The van der Waals surface area contributed by atoms with E-state index in [4.69, 9.17) is 5.73 Å². The van der Waals surface area contributed by atoms with Gasteiger partial charge in [0.1, 0.15) is 11.4 Å². The third-order valence-corrected chi connectivity index (χ3v) is 5.38. The summed E-state index contributed by atoms with van der Waals surface area (Å²) in [4.78, 5) is 22.6. The highest BCUT2D eigenvalue weighted by molar-refractivity contribution is 6.09. The number of aromatic hydroxyl groups is 1. The summed E-state index contributed by atoms with van der Waals surface area (Å²) in [6.45, 7) is 0. The highest BCUT2D eigenvalue weighted by Gasteiger charge is 2.50. The minimum Gasteiger partial charge on any atom is -0.507 e. The molecular weight excluding hydrogens is 416 g/mol. The number of benzene rings is 2. The summed E-state index contributed by atoms with van der Waals surface area (Å²) in [6, 6.07) is 15.6. The number of halogens is 2. The molecule has 0 spiro atoms. The molecule has 1 atom stereocenters. The first-order valence-electron chi connectivity index (χ1n) is 9.50. The molecule has 160 valence electrons. The quantitative estimate of drug-likeness (QED) is 0.655. The first kappa shape index (κ1) is 20.9. The third kappa shape index (κ3) is 3.22. The molecule has 2 heterocycles. The smallest absolute Gasteiger partial charge is 0.280 e. The number of likely N-dealkylation sites (N-methyl/N-ethyl adjacent to an activating group) is 1. The van der Waals surface area contributed by atoms with Crippen LogP contribution < -0.4 is 5.73 Å². The number of nitrogens with two attached hydrogens (primary N) is 1. The van der Waals surface area contributed by atoms with Crippen LogP contribution in [0, 0.1) is 11.3 Å². The summed E-state index contributed by atoms with van der Waals surface area (Å²) in [7, 11) is 1.44. The van der Waals surface area contributed by atoms with Crippen molar-refractivity contribution in [2.45, 2.75) is 12.0 Å². The van der Waals surface area contributed by atoms with E-state index in [1.807, 2.05) is 6.07 Å². The maximum atomic E-state index is 13.4. The number of aliphatic imine (C=N–C) groups is 1.